The molecule has 160 valence electrons. The lowest BCUT2D eigenvalue weighted by Gasteiger charge is -2.41. The zero-order chi connectivity index (χ0) is 21.0. The fraction of sp³-hybridized carbons (Fsp3) is 0.889. The van der Waals surface area contributed by atoms with Crippen LogP contribution in [0.2, 0.25) is 0 Å². The molecule has 0 rings (SSSR count). The van der Waals surface area contributed by atoms with Crippen LogP contribution in [0.4, 0.5) is 0 Å². The van der Waals surface area contributed by atoms with Gasteiger partial charge in [0.1, 0.15) is 5.78 Å². The zero-order valence-corrected chi connectivity index (χ0v) is 17.9. The van der Waals surface area contributed by atoms with E-state index in [9.17, 15) is 19.8 Å². The average Bonchev–Trinajstić information content (AvgIpc) is 2.59. The number of hydrogen-bond acceptors (Lipinski definition) is 8. The summed E-state index contributed by atoms with van der Waals surface area (Å²) in [7, 11) is 0. The van der Waals surface area contributed by atoms with Crippen LogP contribution in [0, 0.1) is 17.8 Å². The van der Waals surface area contributed by atoms with E-state index >= 15 is 0 Å². The van der Waals surface area contributed by atoms with Crippen LogP contribution in [-0.4, -0.2) is 58.3 Å². The second kappa shape index (κ2) is 13.5. The highest BCUT2D eigenvalue weighted by molar-refractivity contribution is 7.80. The Morgan fingerprint density at radius 1 is 1.33 bits per heavy atom. The fourth-order valence-electron chi connectivity index (χ4n) is 2.66. The lowest BCUT2D eigenvalue weighted by molar-refractivity contribution is -0.231. The van der Waals surface area contributed by atoms with Crippen LogP contribution in [0.25, 0.3) is 0 Å². The molecule has 0 aromatic rings. The Labute approximate surface area is 168 Å². The van der Waals surface area contributed by atoms with Gasteiger partial charge in [-0.25, -0.2) is 10.2 Å². The highest BCUT2D eigenvalue weighted by Crippen LogP contribution is 2.28. The van der Waals surface area contributed by atoms with E-state index in [-0.39, 0.29) is 18.9 Å². The minimum atomic E-state index is -2.19. The molecule has 9 heteroatoms. The highest BCUT2D eigenvalue weighted by Gasteiger charge is 2.54. The minimum absolute atomic E-state index is 0.0153. The summed E-state index contributed by atoms with van der Waals surface area (Å²) >= 11 is 4.11. The van der Waals surface area contributed by atoms with Crippen molar-refractivity contribution < 1.29 is 24.5 Å². The Kier molecular flexibility index (Phi) is 13.1. The van der Waals surface area contributed by atoms with Crippen molar-refractivity contribution >= 4 is 24.4 Å². The van der Waals surface area contributed by atoms with E-state index < -0.39 is 30.0 Å². The number of carbonyl (C=O) groups excluding carboxylic acids is 1. The number of aliphatic carboxylic acids is 1. The largest absolute Gasteiger partial charge is 0.478 e. The third-order valence-electron chi connectivity index (χ3n) is 4.56. The Morgan fingerprint density at radius 3 is 2.41 bits per heavy atom. The number of Topliss-reactive ketones (excluding diaryl/α,β-unsaturated/α-hetero) is 1. The molecular formula is C18H37N3O5S. The topological polar surface area (TPSA) is 125 Å². The molecule has 0 aliphatic heterocycles. The number of aliphatic hydroxyl groups excluding tert-OH is 1. The van der Waals surface area contributed by atoms with Crippen LogP contribution in [0.1, 0.15) is 53.4 Å². The van der Waals surface area contributed by atoms with Crippen molar-refractivity contribution in [1.29, 1.82) is 0 Å². The summed E-state index contributed by atoms with van der Waals surface area (Å²) in [6.07, 6.45) is 2.31. The molecule has 0 aliphatic carbocycles. The molecular weight excluding hydrogens is 370 g/mol. The van der Waals surface area contributed by atoms with E-state index in [4.69, 9.17) is 10.6 Å². The summed E-state index contributed by atoms with van der Waals surface area (Å²) in [4.78, 5) is 25.0. The van der Waals surface area contributed by atoms with Gasteiger partial charge < -0.3 is 14.9 Å². The highest BCUT2D eigenvalue weighted by atomic mass is 32.1. The minimum Gasteiger partial charge on any atom is -0.478 e. The Morgan fingerprint density at radius 2 is 1.96 bits per heavy atom. The SMILES string of the molecule is CCC(C)CCOC(C(=O)O)(C(CO)C(=O)CC(C)C)N(N)NCCCS. The first kappa shape index (κ1) is 26.3. The number of ether oxygens (including phenoxy) is 1. The molecule has 0 amide bonds. The second-order valence-electron chi connectivity index (χ2n) is 7.31. The van der Waals surface area contributed by atoms with Crippen LogP contribution >= 0.6 is 12.6 Å². The van der Waals surface area contributed by atoms with Gasteiger partial charge in [0, 0.05) is 13.0 Å². The number of thiol groups is 1. The standard InChI is InChI=1S/C18H37N3O5S/c1-5-14(4)7-9-26-18(17(24)25,21(19)20-8-6-10-27)15(12-22)16(23)11-13(2)3/h13-15,20,22,27H,5-12,19H2,1-4H3,(H,24,25). The Hall–Kier alpha value is -0.710. The van der Waals surface area contributed by atoms with Gasteiger partial charge in [-0.1, -0.05) is 34.1 Å². The number of hydrazine groups is 2. The quantitative estimate of drug-likeness (QED) is 0.0856. The number of nitrogens with one attached hydrogen (secondary N) is 1. The molecule has 3 unspecified atom stereocenters. The molecule has 3 atom stereocenters. The molecule has 8 nitrogen and oxygen atoms in total. The van der Waals surface area contributed by atoms with Crippen molar-refractivity contribution in [1.82, 2.24) is 10.5 Å². The Bertz CT molecular complexity index is 453. The van der Waals surface area contributed by atoms with Crippen molar-refractivity contribution in [3.63, 3.8) is 0 Å². The van der Waals surface area contributed by atoms with Crippen LogP contribution in [0.5, 0.6) is 0 Å². The number of carboxylic acid groups (broad SMARTS) is 1. The summed E-state index contributed by atoms with van der Waals surface area (Å²) in [5, 5.41) is 20.7. The van der Waals surface area contributed by atoms with E-state index in [1.54, 1.807) is 0 Å². The molecule has 0 saturated heterocycles. The van der Waals surface area contributed by atoms with E-state index in [1.807, 2.05) is 27.7 Å². The van der Waals surface area contributed by atoms with Gasteiger partial charge >= 0.3 is 5.97 Å². The van der Waals surface area contributed by atoms with Crippen LogP contribution in [0.15, 0.2) is 0 Å². The number of carbonyl (C=O) groups is 2. The summed E-state index contributed by atoms with van der Waals surface area (Å²) in [5.41, 5.74) is 0.584. The van der Waals surface area contributed by atoms with Gasteiger partial charge in [0.05, 0.1) is 19.1 Å². The van der Waals surface area contributed by atoms with Gasteiger partial charge in [0.25, 0.3) is 5.72 Å². The normalized spacial score (nSPS) is 16.3. The van der Waals surface area contributed by atoms with Gasteiger partial charge in [0.2, 0.25) is 0 Å². The van der Waals surface area contributed by atoms with Crippen molar-refractivity contribution in [2.75, 3.05) is 25.5 Å². The molecule has 0 radical (unpaired) electrons. The third-order valence-corrected chi connectivity index (χ3v) is 4.88. The number of ketones is 1. The fourth-order valence-corrected chi connectivity index (χ4v) is 2.81. The maximum atomic E-state index is 12.7. The number of nitrogens with zero attached hydrogens (tertiary/aromatic N) is 1. The lowest BCUT2D eigenvalue weighted by Crippen LogP contribution is -2.70. The van der Waals surface area contributed by atoms with Gasteiger partial charge in [-0.05, 0) is 30.4 Å². The van der Waals surface area contributed by atoms with Crippen molar-refractivity contribution in [2.45, 2.75) is 59.1 Å². The molecule has 0 aromatic carbocycles. The predicted molar refractivity (Wildman–Crippen MR) is 108 cm³/mol. The molecule has 0 spiro atoms. The smallest absolute Gasteiger partial charge is 0.355 e. The molecule has 27 heavy (non-hydrogen) atoms. The first-order chi connectivity index (χ1) is 12.7. The first-order valence-electron chi connectivity index (χ1n) is 9.57. The van der Waals surface area contributed by atoms with Crippen molar-refractivity contribution in [3.05, 3.63) is 0 Å². The van der Waals surface area contributed by atoms with Crippen LogP contribution in [0.3, 0.4) is 0 Å². The zero-order valence-electron chi connectivity index (χ0n) is 17.0. The summed E-state index contributed by atoms with van der Waals surface area (Å²) in [6, 6.07) is 0. The second-order valence-corrected chi connectivity index (χ2v) is 7.75. The molecule has 0 bridgehead atoms. The molecule has 0 fully saturated rings. The van der Waals surface area contributed by atoms with Gasteiger partial charge in [0.15, 0.2) is 0 Å². The number of nitrogens with two attached hydrogens (primary N) is 1. The summed E-state index contributed by atoms with van der Waals surface area (Å²) in [6.45, 7) is 7.56. The maximum absolute atomic E-state index is 12.7. The Balaban J connectivity index is 5.73. The third kappa shape index (κ3) is 8.05. The van der Waals surface area contributed by atoms with Crippen LogP contribution < -0.4 is 11.3 Å². The van der Waals surface area contributed by atoms with E-state index in [2.05, 4.69) is 18.1 Å². The monoisotopic (exact) mass is 407 g/mol. The van der Waals surface area contributed by atoms with Crippen LogP contribution in [-0.2, 0) is 14.3 Å². The summed E-state index contributed by atoms with van der Waals surface area (Å²) < 4.78 is 5.75. The number of carboxylic acids is 1. The number of aliphatic hydroxyl groups is 1. The molecule has 0 aromatic heterocycles. The van der Waals surface area contributed by atoms with Gasteiger partial charge in [-0.15, -0.1) is 5.12 Å². The predicted octanol–water partition coefficient (Wildman–Crippen LogP) is 1.44. The number of rotatable bonds is 16. The molecule has 0 saturated carbocycles. The van der Waals surface area contributed by atoms with Gasteiger partial charge in [-0.3, -0.25) is 10.6 Å². The first-order valence-corrected chi connectivity index (χ1v) is 10.2. The summed E-state index contributed by atoms with van der Waals surface area (Å²) in [5.74, 6) is 3.83. The lowest BCUT2D eigenvalue weighted by atomic mass is 9.87. The number of hydrogen-bond donors (Lipinski definition) is 5. The van der Waals surface area contributed by atoms with Gasteiger partial charge in [-0.2, -0.15) is 12.6 Å². The van der Waals surface area contributed by atoms with E-state index in [0.29, 0.717) is 31.1 Å². The van der Waals surface area contributed by atoms with Crippen molar-refractivity contribution in [2.24, 2.45) is 23.6 Å². The average molecular weight is 408 g/mol. The van der Waals surface area contributed by atoms with Crippen molar-refractivity contribution in [3.8, 4) is 0 Å². The van der Waals surface area contributed by atoms with E-state index in [1.165, 1.54) is 0 Å². The van der Waals surface area contributed by atoms with E-state index in [0.717, 1.165) is 11.5 Å². The molecule has 0 heterocycles. The maximum Gasteiger partial charge on any atom is 0.355 e. The molecule has 5 N–H and O–H groups in total. The molecule has 0 aliphatic rings.